The van der Waals surface area contributed by atoms with Crippen molar-refractivity contribution in [2.24, 2.45) is 0 Å². The largest absolute Gasteiger partial charge is 0.494 e. The summed E-state index contributed by atoms with van der Waals surface area (Å²) in [5.41, 5.74) is 2.71. The van der Waals surface area contributed by atoms with Crippen LogP contribution in [0.3, 0.4) is 0 Å². The van der Waals surface area contributed by atoms with E-state index in [4.69, 9.17) is 4.74 Å². The van der Waals surface area contributed by atoms with Gasteiger partial charge in [-0.3, -0.25) is 4.79 Å². The second-order valence-electron chi connectivity index (χ2n) is 5.56. The fourth-order valence-electron chi connectivity index (χ4n) is 2.53. The minimum atomic E-state index is -0.443. The summed E-state index contributed by atoms with van der Waals surface area (Å²) >= 11 is 1.36. The van der Waals surface area contributed by atoms with Crippen LogP contribution in [0, 0.1) is 19.7 Å². The maximum absolute atomic E-state index is 13.7. The van der Waals surface area contributed by atoms with Gasteiger partial charge in [0.1, 0.15) is 4.83 Å². The van der Waals surface area contributed by atoms with Crippen molar-refractivity contribution in [3.8, 4) is 5.75 Å². The van der Waals surface area contributed by atoms with E-state index in [0.717, 1.165) is 21.5 Å². The lowest BCUT2D eigenvalue weighted by molar-refractivity contribution is 0.0955. The van der Waals surface area contributed by atoms with E-state index >= 15 is 0 Å². The maximum atomic E-state index is 13.7. The Labute approximate surface area is 143 Å². The summed E-state index contributed by atoms with van der Waals surface area (Å²) in [6.45, 7) is 4.19. The number of methoxy groups -OCH3 is 1. The molecule has 3 rings (SSSR count). The Kier molecular flexibility index (Phi) is 4.49. The number of nitrogens with zero attached hydrogens (tertiary/aromatic N) is 1. The van der Waals surface area contributed by atoms with Gasteiger partial charge in [0.05, 0.1) is 12.0 Å². The number of nitrogens with one attached hydrogen (secondary N) is 1. The first kappa shape index (κ1) is 16.4. The first-order chi connectivity index (χ1) is 11.5. The Morgan fingerprint density at radius 3 is 2.79 bits per heavy atom. The molecule has 2 aromatic heterocycles. The van der Waals surface area contributed by atoms with Crippen LogP contribution in [-0.2, 0) is 6.54 Å². The molecule has 1 N–H and O–H groups in total. The van der Waals surface area contributed by atoms with Crippen LogP contribution < -0.4 is 10.1 Å². The number of amides is 1. The van der Waals surface area contributed by atoms with Gasteiger partial charge in [-0.15, -0.1) is 11.3 Å². The first-order valence-corrected chi connectivity index (χ1v) is 8.28. The molecule has 3 aromatic rings. The van der Waals surface area contributed by atoms with E-state index in [1.165, 1.54) is 24.5 Å². The van der Waals surface area contributed by atoms with Gasteiger partial charge in [0.15, 0.2) is 11.6 Å². The van der Waals surface area contributed by atoms with Gasteiger partial charge < -0.3 is 10.1 Å². The zero-order valence-electron chi connectivity index (χ0n) is 13.6. The quantitative estimate of drug-likeness (QED) is 0.778. The first-order valence-electron chi connectivity index (χ1n) is 7.46. The third kappa shape index (κ3) is 3.23. The maximum Gasteiger partial charge on any atom is 0.261 e. The third-order valence-corrected chi connectivity index (χ3v) is 4.76. The Balaban J connectivity index is 1.75. The molecule has 6 heteroatoms. The standard InChI is InChI=1S/C18H17FN2O2S/c1-10-6-11(2)21-18-13(10)8-16(24-18)17(22)20-9-12-4-5-15(23-3)14(19)7-12/h4-8H,9H2,1-3H3,(H,20,22). The van der Waals surface area contributed by atoms with Gasteiger partial charge in [-0.1, -0.05) is 6.07 Å². The Morgan fingerprint density at radius 2 is 2.08 bits per heavy atom. The smallest absolute Gasteiger partial charge is 0.261 e. The molecule has 0 spiro atoms. The van der Waals surface area contributed by atoms with Gasteiger partial charge in [0.2, 0.25) is 0 Å². The minimum Gasteiger partial charge on any atom is -0.494 e. The summed E-state index contributed by atoms with van der Waals surface area (Å²) < 4.78 is 18.6. The second-order valence-corrected chi connectivity index (χ2v) is 6.59. The van der Waals surface area contributed by atoms with Crippen molar-refractivity contribution in [2.45, 2.75) is 20.4 Å². The number of rotatable bonds is 4. The van der Waals surface area contributed by atoms with E-state index in [1.54, 1.807) is 12.1 Å². The van der Waals surface area contributed by atoms with Crippen molar-refractivity contribution in [2.75, 3.05) is 7.11 Å². The predicted octanol–water partition coefficient (Wildman–Crippen LogP) is 3.99. The van der Waals surface area contributed by atoms with Gasteiger partial charge in [0.25, 0.3) is 5.91 Å². The molecule has 2 heterocycles. The number of ether oxygens (including phenoxy) is 1. The third-order valence-electron chi connectivity index (χ3n) is 3.73. The van der Waals surface area contributed by atoms with Gasteiger partial charge in [-0.2, -0.15) is 0 Å². The number of carbonyl (C=O) groups excluding carboxylic acids is 1. The van der Waals surface area contributed by atoms with E-state index in [9.17, 15) is 9.18 Å². The number of hydrogen-bond acceptors (Lipinski definition) is 4. The Hall–Kier alpha value is -2.47. The highest BCUT2D eigenvalue weighted by Gasteiger charge is 2.13. The molecule has 0 fully saturated rings. The van der Waals surface area contributed by atoms with Crippen LogP contribution >= 0.6 is 11.3 Å². The molecule has 0 atom stereocenters. The molecule has 0 radical (unpaired) electrons. The predicted molar refractivity (Wildman–Crippen MR) is 93.2 cm³/mol. The molecular formula is C18H17FN2O2S. The van der Waals surface area contributed by atoms with E-state index in [0.29, 0.717) is 10.4 Å². The molecule has 0 saturated carbocycles. The molecule has 0 bridgehead atoms. The highest BCUT2D eigenvalue weighted by Crippen LogP contribution is 2.27. The number of thiophene rings is 1. The van der Waals surface area contributed by atoms with Crippen molar-refractivity contribution in [1.29, 1.82) is 0 Å². The van der Waals surface area contributed by atoms with E-state index in [1.807, 2.05) is 26.0 Å². The van der Waals surface area contributed by atoms with Crippen molar-refractivity contribution in [1.82, 2.24) is 10.3 Å². The monoisotopic (exact) mass is 344 g/mol. The summed E-state index contributed by atoms with van der Waals surface area (Å²) in [5.74, 6) is -0.445. The molecule has 4 nitrogen and oxygen atoms in total. The summed E-state index contributed by atoms with van der Waals surface area (Å²) in [6.07, 6.45) is 0. The molecular weight excluding hydrogens is 327 g/mol. The summed E-state index contributed by atoms with van der Waals surface area (Å²) in [7, 11) is 1.42. The number of benzene rings is 1. The number of aryl methyl sites for hydroxylation is 2. The lowest BCUT2D eigenvalue weighted by atomic mass is 10.2. The van der Waals surface area contributed by atoms with Crippen LogP contribution in [0.4, 0.5) is 4.39 Å². The van der Waals surface area contributed by atoms with Crippen molar-refractivity contribution in [3.05, 3.63) is 57.8 Å². The molecule has 0 aliphatic carbocycles. The molecule has 124 valence electrons. The van der Waals surface area contributed by atoms with Crippen LogP contribution in [0.25, 0.3) is 10.2 Å². The van der Waals surface area contributed by atoms with Gasteiger partial charge >= 0.3 is 0 Å². The number of fused-ring (bicyclic) bond motifs is 1. The molecule has 0 aliphatic rings. The normalized spacial score (nSPS) is 10.8. The van der Waals surface area contributed by atoms with Gasteiger partial charge in [-0.25, -0.2) is 9.37 Å². The summed E-state index contributed by atoms with van der Waals surface area (Å²) in [6, 6.07) is 8.48. The van der Waals surface area contributed by atoms with Crippen molar-refractivity contribution >= 4 is 27.5 Å². The van der Waals surface area contributed by atoms with Gasteiger partial charge in [0, 0.05) is 17.6 Å². The second kappa shape index (κ2) is 6.57. The number of pyridine rings is 1. The number of hydrogen-bond donors (Lipinski definition) is 1. The molecule has 0 unspecified atom stereocenters. The van der Waals surface area contributed by atoms with E-state index in [-0.39, 0.29) is 18.2 Å². The van der Waals surface area contributed by atoms with Crippen LogP contribution in [0.2, 0.25) is 0 Å². The summed E-state index contributed by atoms with van der Waals surface area (Å²) in [5, 5.41) is 3.80. The van der Waals surface area contributed by atoms with Crippen LogP contribution in [0.1, 0.15) is 26.5 Å². The fraction of sp³-hybridized carbons (Fsp3) is 0.222. The van der Waals surface area contributed by atoms with Gasteiger partial charge in [-0.05, 0) is 49.2 Å². The van der Waals surface area contributed by atoms with Crippen molar-refractivity contribution < 1.29 is 13.9 Å². The number of aromatic nitrogens is 1. The SMILES string of the molecule is COc1ccc(CNC(=O)c2cc3c(C)cc(C)nc3s2)cc1F. The number of carbonyl (C=O) groups is 1. The fourth-order valence-corrected chi connectivity index (χ4v) is 3.60. The Bertz CT molecular complexity index is 921. The summed E-state index contributed by atoms with van der Waals surface area (Å²) in [4.78, 5) is 18.3. The molecule has 1 aromatic carbocycles. The lowest BCUT2D eigenvalue weighted by Crippen LogP contribution is -2.21. The van der Waals surface area contributed by atoms with Crippen LogP contribution in [-0.4, -0.2) is 18.0 Å². The average Bonchev–Trinajstić information content (AvgIpc) is 2.97. The highest BCUT2D eigenvalue weighted by atomic mass is 32.1. The number of halogens is 1. The Morgan fingerprint density at radius 1 is 1.29 bits per heavy atom. The molecule has 24 heavy (non-hydrogen) atoms. The highest BCUT2D eigenvalue weighted by molar-refractivity contribution is 7.20. The molecule has 0 aliphatic heterocycles. The van der Waals surface area contributed by atoms with Crippen LogP contribution in [0.5, 0.6) is 5.75 Å². The average molecular weight is 344 g/mol. The zero-order chi connectivity index (χ0) is 17.3. The zero-order valence-corrected chi connectivity index (χ0v) is 14.5. The van der Waals surface area contributed by atoms with Crippen molar-refractivity contribution in [3.63, 3.8) is 0 Å². The van der Waals surface area contributed by atoms with Crippen LogP contribution in [0.15, 0.2) is 30.3 Å². The molecule has 1 amide bonds. The lowest BCUT2D eigenvalue weighted by Gasteiger charge is -2.06. The molecule has 0 saturated heterocycles. The van der Waals surface area contributed by atoms with E-state index < -0.39 is 5.82 Å². The topological polar surface area (TPSA) is 51.2 Å². The minimum absolute atomic E-state index is 0.187. The van der Waals surface area contributed by atoms with E-state index in [2.05, 4.69) is 10.3 Å².